The molecule has 1 heteroatoms. The Hall–Kier alpha value is -7.22. The van der Waals surface area contributed by atoms with E-state index in [-0.39, 0.29) is 5.41 Å². The molecule has 0 spiro atoms. The van der Waals surface area contributed by atoms with Crippen LogP contribution < -0.4 is 4.90 Å². The minimum atomic E-state index is -0.495. The Kier molecular flexibility index (Phi) is 8.13. The van der Waals surface area contributed by atoms with Crippen molar-refractivity contribution in [3.05, 3.63) is 258 Å². The van der Waals surface area contributed by atoms with Gasteiger partial charge < -0.3 is 4.90 Å². The molecular weight excluding hydrogens is 711 g/mol. The topological polar surface area (TPSA) is 3.24 Å². The standard InChI is InChI=1S/C58H43N/c1-57(2,42-17-6-3-7-18-42)43-28-30-46(31-29-43)59(47-32-36-50-41(38-47)27-35-51-49-23-13-12-16-40(49)26-34-52(50)51)48-33-37-54-53-24-14-15-25-55(53)58(56(54)39-48,44-19-8-4-9-20-44)45-21-10-5-11-22-45/h3-39H,1-2H3. The number of fused-ring (bicyclic) bond motifs is 8. The molecule has 0 saturated carbocycles. The molecular formula is C58H43N. The molecule has 0 aromatic heterocycles. The van der Waals surface area contributed by atoms with Gasteiger partial charge in [0.05, 0.1) is 5.41 Å². The third-order valence-corrected chi connectivity index (χ3v) is 13.0. The van der Waals surface area contributed by atoms with E-state index in [1.165, 1.54) is 76.8 Å². The smallest absolute Gasteiger partial charge is 0.0714 e. The van der Waals surface area contributed by atoms with Crippen LogP contribution >= 0.6 is 0 Å². The van der Waals surface area contributed by atoms with Crippen molar-refractivity contribution in [3.63, 3.8) is 0 Å². The number of anilines is 3. The van der Waals surface area contributed by atoms with E-state index in [0.717, 1.165) is 17.1 Å². The molecule has 10 aromatic carbocycles. The summed E-state index contributed by atoms with van der Waals surface area (Å²) in [5.41, 5.74) is 13.0. The first kappa shape index (κ1) is 35.0. The van der Waals surface area contributed by atoms with Crippen molar-refractivity contribution in [2.24, 2.45) is 0 Å². The number of hydrogen-bond donors (Lipinski definition) is 0. The van der Waals surface area contributed by atoms with Crippen molar-refractivity contribution >= 4 is 49.4 Å². The molecule has 59 heavy (non-hydrogen) atoms. The van der Waals surface area contributed by atoms with Crippen LogP contribution in [0.1, 0.15) is 47.2 Å². The predicted molar refractivity (Wildman–Crippen MR) is 250 cm³/mol. The predicted octanol–water partition coefficient (Wildman–Crippen LogP) is 15.3. The van der Waals surface area contributed by atoms with Gasteiger partial charge in [0, 0.05) is 22.5 Å². The second kappa shape index (κ2) is 13.7. The van der Waals surface area contributed by atoms with E-state index in [1.807, 2.05) is 0 Å². The Labute approximate surface area is 346 Å². The van der Waals surface area contributed by atoms with Gasteiger partial charge in [0.2, 0.25) is 0 Å². The molecule has 0 bridgehead atoms. The minimum absolute atomic E-state index is 0.150. The second-order valence-electron chi connectivity index (χ2n) is 16.5. The quantitative estimate of drug-likeness (QED) is 0.147. The fraction of sp³-hybridized carbons (Fsp3) is 0.0690. The Bertz CT molecular complexity index is 3120. The number of benzene rings is 10. The largest absolute Gasteiger partial charge is 0.310 e. The molecule has 0 fully saturated rings. The molecule has 0 amide bonds. The van der Waals surface area contributed by atoms with E-state index in [4.69, 9.17) is 0 Å². The van der Waals surface area contributed by atoms with Crippen molar-refractivity contribution in [3.8, 4) is 11.1 Å². The summed E-state index contributed by atoms with van der Waals surface area (Å²) in [6, 6.07) is 83.2. The highest BCUT2D eigenvalue weighted by Crippen LogP contribution is 2.57. The normalized spacial score (nSPS) is 13.1. The molecule has 0 radical (unpaired) electrons. The van der Waals surface area contributed by atoms with Crippen LogP contribution in [0.2, 0.25) is 0 Å². The van der Waals surface area contributed by atoms with Gasteiger partial charge in [-0.25, -0.2) is 0 Å². The third-order valence-electron chi connectivity index (χ3n) is 13.0. The molecule has 0 saturated heterocycles. The molecule has 0 heterocycles. The van der Waals surface area contributed by atoms with E-state index in [0.29, 0.717) is 0 Å². The Morgan fingerprint density at radius 2 is 0.831 bits per heavy atom. The van der Waals surface area contributed by atoms with Crippen molar-refractivity contribution in [1.82, 2.24) is 0 Å². The van der Waals surface area contributed by atoms with Gasteiger partial charge in [-0.1, -0.05) is 202 Å². The van der Waals surface area contributed by atoms with Gasteiger partial charge in [0.15, 0.2) is 0 Å². The van der Waals surface area contributed by atoms with Gasteiger partial charge in [-0.3, -0.25) is 0 Å². The SMILES string of the molecule is CC(C)(c1ccccc1)c1ccc(N(c2ccc3c(c2)C(c2ccccc2)(c2ccccc2)c2ccccc2-3)c2ccc3c(ccc4c5ccccc5ccc34)c2)cc1. The molecule has 1 nitrogen and oxygen atoms in total. The number of hydrogen-bond acceptors (Lipinski definition) is 1. The molecule has 0 unspecified atom stereocenters. The summed E-state index contributed by atoms with van der Waals surface area (Å²) in [6.07, 6.45) is 0. The van der Waals surface area contributed by atoms with Crippen LogP contribution in [-0.2, 0) is 10.8 Å². The summed E-state index contributed by atoms with van der Waals surface area (Å²) < 4.78 is 0. The molecule has 0 N–H and O–H groups in total. The summed E-state index contributed by atoms with van der Waals surface area (Å²) in [5, 5.41) is 7.59. The van der Waals surface area contributed by atoms with E-state index in [1.54, 1.807) is 0 Å². The lowest BCUT2D eigenvalue weighted by Crippen LogP contribution is -2.28. The summed E-state index contributed by atoms with van der Waals surface area (Å²) >= 11 is 0. The highest BCUT2D eigenvalue weighted by molar-refractivity contribution is 6.17. The maximum absolute atomic E-state index is 2.47. The molecule has 0 aliphatic heterocycles. The first-order valence-corrected chi connectivity index (χ1v) is 20.7. The van der Waals surface area contributed by atoms with Crippen molar-refractivity contribution < 1.29 is 0 Å². The Balaban J connectivity index is 1.13. The zero-order valence-corrected chi connectivity index (χ0v) is 33.3. The summed E-state index contributed by atoms with van der Waals surface area (Å²) in [5.74, 6) is 0. The van der Waals surface area contributed by atoms with Crippen molar-refractivity contribution in [2.75, 3.05) is 4.90 Å². The summed E-state index contributed by atoms with van der Waals surface area (Å²) in [7, 11) is 0. The number of rotatable bonds is 7. The van der Waals surface area contributed by atoms with Crippen molar-refractivity contribution in [2.45, 2.75) is 24.7 Å². The van der Waals surface area contributed by atoms with Crippen LogP contribution in [0.5, 0.6) is 0 Å². The van der Waals surface area contributed by atoms with Gasteiger partial charge in [0.25, 0.3) is 0 Å². The second-order valence-corrected chi connectivity index (χ2v) is 16.5. The fourth-order valence-corrected chi connectivity index (χ4v) is 10.0. The maximum atomic E-state index is 2.47. The van der Waals surface area contributed by atoms with Crippen LogP contribution in [0.3, 0.4) is 0 Å². The van der Waals surface area contributed by atoms with E-state index in [9.17, 15) is 0 Å². The van der Waals surface area contributed by atoms with Crippen molar-refractivity contribution in [1.29, 1.82) is 0 Å². The summed E-state index contributed by atoms with van der Waals surface area (Å²) in [6.45, 7) is 4.63. The van der Waals surface area contributed by atoms with Crippen LogP contribution in [0.25, 0.3) is 43.4 Å². The maximum Gasteiger partial charge on any atom is 0.0714 e. The van der Waals surface area contributed by atoms with Crippen LogP contribution in [0, 0.1) is 0 Å². The van der Waals surface area contributed by atoms with Gasteiger partial charge >= 0.3 is 0 Å². The van der Waals surface area contributed by atoms with Gasteiger partial charge in [0.1, 0.15) is 0 Å². The minimum Gasteiger partial charge on any atom is -0.310 e. The zero-order chi connectivity index (χ0) is 39.6. The molecule has 0 atom stereocenters. The zero-order valence-electron chi connectivity index (χ0n) is 33.3. The number of nitrogens with zero attached hydrogens (tertiary/aromatic N) is 1. The van der Waals surface area contributed by atoms with E-state index in [2.05, 4.69) is 243 Å². The summed E-state index contributed by atoms with van der Waals surface area (Å²) in [4.78, 5) is 2.45. The average Bonchev–Trinajstić information content (AvgIpc) is 3.60. The van der Waals surface area contributed by atoms with Gasteiger partial charge in [-0.2, -0.15) is 0 Å². The monoisotopic (exact) mass is 753 g/mol. The molecule has 11 rings (SSSR count). The molecule has 1 aliphatic carbocycles. The molecule has 1 aliphatic rings. The Morgan fingerprint density at radius 1 is 0.339 bits per heavy atom. The highest BCUT2D eigenvalue weighted by Gasteiger charge is 2.46. The highest BCUT2D eigenvalue weighted by atomic mass is 15.1. The van der Waals surface area contributed by atoms with Gasteiger partial charge in [-0.05, 0) is 113 Å². The average molecular weight is 754 g/mol. The van der Waals surface area contributed by atoms with Gasteiger partial charge in [-0.15, -0.1) is 0 Å². The lowest BCUT2D eigenvalue weighted by molar-refractivity contribution is 0.641. The fourth-order valence-electron chi connectivity index (χ4n) is 10.0. The molecule has 280 valence electrons. The first-order chi connectivity index (χ1) is 29.0. The van der Waals surface area contributed by atoms with Crippen LogP contribution in [0.4, 0.5) is 17.1 Å². The van der Waals surface area contributed by atoms with Crippen LogP contribution in [0.15, 0.2) is 224 Å². The van der Waals surface area contributed by atoms with E-state index >= 15 is 0 Å². The third kappa shape index (κ3) is 5.46. The lowest BCUT2D eigenvalue weighted by Gasteiger charge is -2.35. The Morgan fingerprint density at radius 3 is 1.54 bits per heavy atom. The first-order valence-electron chi connectivity index (χ1n) is 20.7. The molecule has 10 aromatic rings. The van der Waals surface area contributed by atoms with E-state index < -0.39 is 5.41 Å². The lowest BCUT2D eigenvalue weighted by atomic mass is 9.67. The van der Waals surface area contributed by atoms with Crippen LogP contribution in [-0.4, -0.2) is 0 Å².